The fourth-order valence-corrected chi connectivity index (χ4v) is 4.33. The highest BCUT2D eigenvalue weighted by Crippen LogP contribution is 2.41. The first-order valence-corrected chi connectivity index (χ1v) is 11.3. The summed E-state index contributed by atoms with van der Waals surface area (Å²) in [5.41, 5.74) is 0.471. The molecule has 0 aliphatic carbocycles. The molecule has 2 aromatic rings. The van der Waals surface area contributed by atoms with E-state index >= 15 is 0 Å². The minimum absolute atomic E-state index is 0.471. The number of nitrogens with zero attached hydrogens (tertiary/aromatic N) is 5. The van der Waals surface area contributed by atoms with Crippen molar-refractivity contribution in [3.8, 4) is 0 Å². The van der Waals surface area contributed by atoms with Crippen LogP contribution in [0.5, 0.6) is 0 Å². The second-order valence-electron chi connectivity index (χ2n) is 8.03. The molecule has 2 N–H and O–H groups in total. The van der Waals surface area contributed by atoms with Crippen LogP contribution < -0.4 is 4.90 Å². The first kappa shape index (κ1) is 29.2. The van der Waals surface area contributed by atoms with Gasteiger partial charge in [-0.05, 0) is 43.8 Å². The molecule has 0 bridgehead atoms. The SMILES string of the molecule is O=C(O)C(F)(F)F.O=C(O)C(F)(F)F.c1cnc(N2CCC3(CCN(Cc4nccs4)CC3)C2)nc1. The lowest BCUT2D eigenvalue weighted by atomic mass is 9.78. The standard InChI is InChI=1S/C16H21N5S.2C2HF3O2/c1-5-18-15(19-6-1)21-10-4-16(13-21)2-8-20(9-3-16)12-14-17-7-11-22-14;2*3-2(4,5)1(6)7/h1,5-7,11H,2-4,8-10,12-13H2;2*(H,6,7). The van der Waals surface area contributed by atoms with E-state index in [4.69, 9.17) is 19.8 Å². The van der Waals surface area contributed by atoms with Gasteiger partial charge in [0, 0.05) is 37.1 Å². The fraction of sp³-hybridized carbons (Fsp3) is 0.550. The molecule has 1 spiro atoms. The van der Waals surface area contributed by atoms with Gasteiger partial charge in [-0.1, -0.05) is 0 Å². The summed E-state index contributed by atoms with van der Waals surface area (Å²) < 4.78 is 63.5. The molecule has 36 heavy (non-hydrogen) atoms. The van der Waals surface area contributed by atoms with Gasteiger partial charge in [-0.2, -0.15) is 26.3 Å². The molecule has 0 saturated carbocycles. The summed E-state index contributed by atoms with van der Waals surface area (Å²) >= 11 is 1.76. The average Bonchev–Trinajstić information content (AvgIpc) is 3.46. The molecule has 0 aromatic carbocycles. The van der Waals surface area contributed by atoms with E-state index in [1.54, 1.807) is 11.3 Å². The zero-order chi connectivity index (χ0) is 27.0. The lowest BCUT2D eigenvalue weighted by Crippen LogP contribution is -2.41. The number of alkyl halides is 6. The largest absolute Gasteiger partial charge is 0.490 e. The number of likely N-dealkylation sites (tertiary alicyclic amines) is 1. The molecule has 0 atom stereocenters. The lowest BCUT2D eigenvalue weighted by molar-refractivity contribution is -0.193. The Morgan fingerprint density at radius 1 is 0.889 bits per heavy atom. The number of rotatable bonds is 3. The summed E-state index contributed by atoms with van der Waals surface area (Å²) in [5, 5.41) is 17.6. The predicted molar refractivity (Wildman–Crippen MR) is 115 cm³/mol. The van der Waals surface area contributed by atoms with Crippen LogP contribution in [0.15, 0.2) is 30.0 Å². The molecule has 4 rings (SSSR count). The van der Waals surface area contributed by atoms with Gasteiger partial charge in [0.25, 0.3) is 0 Å². The first-order valence-electron chi connectivity index (χ1n) is 10.4. The summed E-state index contributed by atoms with van der Waals surface area (Å²) in [6, 6.07) is 1.88. The summed E-state index contributed by atoms with van der Waals surface area (Å²) in [6.07, 6.45) is -0.756. The maximum absolute atomic E-state index is 10.6. The number of carboxylic acids is 2. The zero-order valence-corrected chi connectivity index (χ0v) is 19.5. The number of anilines is 1. The quantitative estimate of drug-likeness (QED) is 0.559. The van der Waals surface area contributed by atoms with Crippen LogP contribution in [0.25, 0.3) is 0 Å². The maximum atomic E-state index is 10.6. The van der Waals surface area contributed by atoms with Crippen molar-refractivity contribution < 1.29 is 46.1 Å². The van der Waals surface area contributed by atoms with E-state index in [-0.39, 0.29) is 0 Å². The van der Waals surface area contributed by atoms with Crippen LogP contribution in [0.3, 0.4) is 0 Å². The molecule has 0 amide bonds. The van der Waals surface area contributed by atoms with E-state index in [0.29, 0.717) is 5.41 Å². The third kappa shape index (κ3) is 9.22. The Morgan fingerprint density at radius 3 is 1.83 bits per heavy atom. The Bertz CT molecular complexity index is 943. The number of carbonyl (C=O) groups is 2. The van der Waals surface area contributed by atoms with Crippen LogP contribution in [0.4, 0.5) is 32.3 Å². The molecular weight excluding hydrogens is 520 g/mol. The molecule has 16 heteroatoms. The molecule has 2 fully saturated rings. The number of piperidine rings is 1. The monoisotopic (exact) mass is 543 g/mol. The number of thiazole rings is 1. The van der Waals surface area contributed by atoms with Gasteiger partial charge in [0.05, 0.1) is 6.54 Å². The molecule has 9 nitrogen and oxygen atoms in total. The van der Waals surface area contributed by atoms with Crippen molar-refractivity contribution in [1.82, 2.24) is 19.9 Å². The molecule has 2 aliphatic rings. The van der Waals surface area contributed by atoms with Gasteiger partial charge in [-0.25, -0.2) is 24.5 Å². The lowest BCUT2D eigenvalue weighted by Gasteiger charge is -2.39. The number of hydrogen-bond acceptors (Lipinski definition) is 8. The Kier molecular flexibility index (Phi) is 9.98. The van der Waals surface area contributed by atoms with Crippen LogP contribution in [-0.2, 0) is 16.1 Å². The van der Waals surface area contributed by atoms with Crippen molar-refractivity contribution in [2.45, 2.75) is 38.2 Å². The van der Waals surface area contributed by atoms with Crippen molar-refractivity contribution in [3.05, 3.63) is 35.0 Å². The molecule has 2 aromatic heterocycles. The van der Waals surface area contributed by atoms with Crippen LogP contribution >= 0.6 is 11.3 Å². The Hall–Kier alpha value is -3.01. The Balaban J connectivity index is 0.000000271. The topological polar surface area (TPSA) is 120 Å². The van der Waals surface area contributed by atoms with Crippen molar-refractivity contribution >= 4 is 29.2 Å². The van der Waals surface area contributed by atoms with Crippen molar-refractivity contribution in [3.63, 3.8) is 0 Å². The second kappa shape index (κ2) is 12.3. The zero-order valence-electron chi connectivity index (χ0n) is 18.7. The Morgan fingerprint density at radius 2 is 1.39 bits per heavy atom. The molecule has 2 aliphatic heterocycles. The van der Waals surface area contributed by atoms with Crippen molar-refractivity contribution in [2.75, 3.05) is 31.1 Å². The summed E-state index contributed by atoms with van der Waals surface area (Å²) in [7, 11) is 0. The van der Waals surface area contributed by atoms with Gasteiger partial charge >= 0.3 is 24.3 Å². The van der Waals surface area contributed by atoms with Gasteiger partial charge in [0.15, 0.2) is 0 Å². The van der Waals surface area contributed by atoms with E-state index in [1.807, 2.05) is 24.7 Å². The van der Waals surface area contributed by atoms with E-state index < -0.39 is 24.3 Å². The maximum Gasteiger partial charge on any atom is 0.490 e. The van der Waals surface area contributed by atoms with Crippen molar-refractivity contribution in [1.29, 1.82) is 0 Å². The predicted octanol–water partition coefficient (Wildman–Crippen LogP) is 3.69. The van der Waals surface area contributed by atoms with E-state index in [1.165, 1.54) is 37.4 Å². The van der Waals surface area contributed by atoms with E-state index in [9.17, 15) is 26.3 Å². The molecule has 4 heterocycles. The fourth-order valence-electron chi connectivity index (χ4n) is 3.68. The van der Waals surface area contributed by atoms with Gasteiger partial charge in [0.1, 0.15) is 5.01 Å². The van der Waals surface area contributed by atoms with Crippen LogP contribution in [0.1, 0.15) is 24.3 Å². The number of carboxylic acid groups (broad SMARTS) is 2. The van der Waals surface area contributed by atoms with Gasteiger partial charge in [-0.3, -0.25) is 4.90 Å². The molecule has 0 radical (unpaired) electrons. The van der Waals surface area contributed by atoms with Gasteiger partial charge in [-0.15, -0.1) is 11.3 Å². The highest BCUT2D eigenvalue weighted by Gasteiger charge is 2.41. The van der Waals surface area contributed by atoms with Gasteiger partial charge < -0.3 is 15.1 Å². The normalized spacial score (nSPS) is 17.6. The second-order valence-corrected chi connectivity index (χ2v) is 9.01. The summed E-state index contributed by atoms with van der Waals surface area (Å²) in [6.45, 7) is 5.59. The third-order valence-corrected chi connectivity index (χ3v) is 6.28. The minimum atomic E-state index is -5.08. The molecular formula is C20H23F6N5O4S. The number of hydrogen-bond donors (Lipinski definition) is 2. The third-order valence-electron chi connectivity index (χ3n) is 5.52. The number of halogens is 6. The minimum Gasteiger partial charge on any atom is -0.475 e. The highest BCUT2D eigenvalue weighted by atomic mass is 32.1. The van der Waals surface area contributed by atoms with Crippen LogP contribution in [0.2, 0.25) is 0 Å². The van der Waals surface area contributed by atoms with Crippen molar-refractivity contribution in [2.24, 2.45) is 5.41 Å². The highest BCUT2D eigenvalue weighted by molar-refractivity contribution is 7.09. The molecule has 200 valence electrons. The summed E-state index contributed by atoms with van der Waals surface area (Å²) in [5.74, 6) is -4.62. The number of aliphatic carboxylic acids is 2. The molecule has 0 unspecified atom stereocenters. The summed E-state index contributed by atoms with van der Waals surface area (Å²) in [4.78, 5) is 35.9. The van der Waals surface area contributed by atoms with Gasteiger partial charge in [0.2, 0.25) is 5.95 Å². The van der Waals surface area contributed by atoms with E-state index in [0.717, 1.165) is 25.6 Å². The number of aromatic nitrogens is 3. The average molecular weight is 543 g/mol. The van der Waals surface area contributed by atoms with Crippen LogP contribution in [-0.4, -0.2) is 80.5 Å². The molecule has 2 saturated heterocycles. The first-order chi connectivity index (χ1) is 16.7. The Labute approximate surface area is 205 Å². The van der Waals surface area contributed by atoms with Crippen LogP contribution in [0, 0.1) is 5.41 Å². The van der Waals surface area contributed by atoms with E-state index in [2.05, 4.69) is 30.1 Å². The smallest absolute Gasteiger partial charge is 0.475 e.